The predicted octanol–water partition coefficient (Wildman–Crippen LogP) is 2.71. The molecule has 3 rings (SSSR count). The highest BCUT2D eigenvalue weighted by molar-refractivity contribution is 5.97. The number of aromatic nitrogens is 2. The van der Waals surface area contributed by atoms with Crippen LogP contribution >= 0.6 is 0 Å². The summed E-state index contributed by atoms with van der Waals surface area (Å²) in [5, 5.41) is 5.60. The monoisotopic (exact) mass is 362 g/mol. The van der Waals surface area contributed by atoms with Gasteiger partial charge in [-0.1, -0.05) is 17.7 Å². The van der Waals surface area contributed by atoms with Gasteiger partial charge in [-0.3, -0.25) is 9.59 Å². The van der Waals surface area contributed by atoms with Crippen molar-refractivity contribution < 1.29 is 9.59 Å². The second-order valence-corrected chi connectivity index (χ2v) is 6.48. The summed E-state index contributed by atoms with van der Waals surface area (Å²) in [5.41, 5.74) is 5.40. The predicted molar refractivity (Wildman–Crippen MR) is 105 cm³/mol. The van der Waals surface area contributed by atoms with Crippen molar-refractivity contribution in [1.82, 2.24) is 20.6 Å². The van der Waals surface area contributed by atoms with Crippen molar-refractivity contribution in [3.05, 3.63) is 70.5 Å². The van der Waals surface area contributed by atoms with Crippen LogP contribution in [-0.2, 0) is 0 Å². The van der Waals surface area contributed by atoms with Crippen LogP contribution in [0.25, 0.3) is 11.0 Å². The van der Waals surface area contributed by atoms with E-state index < -0.39 is 0 Å². The van der Waals surface area contributed by atoms with Crippen LogP contribution < -0.4 is 10.6 Å². The van der Waals surface area contributed by atoms with Crippen LogP contribution in [-0.4, -0.2) is 34.9 Å². The Morgan fingerprint density at radius 1 is 0.741 bits per heavy atom. The van der Waals surface area contributed by atoms with E-state index in [0.29, 0.717) is 29.7 Å². The largest absolute Gasteiger partial charge is 0.350 e. The van der Waals surface area contributed by atoms with Crippen molar-refractivity contribution in [1.29, 1.82) is 0 Å². The van der Waals surface area contributed by atoms with Crippen LogP contribution in [0.3, 0.4) is 0 Å². The molecule has 138 valence electrons. The Hall–Kier alpha value is -3.28. The third-order valence-electron chi connectivity index (χ3n) is 4.35. The molecule has 2 aromatic carbocycles. The second-order valence-electron chi connectivity index (χ2n) is 6.48. The highest BCUT2D eigenvalue weighted by Gasteiger charge is 2.09. The molecular weight excluding hydrogens is 340 g/mol. The van der Waals surface area contributed by atoms with E-state index in [1.54, 1.807) is 30.3 Å². The van der Waals surface area contributed by atoms with Crippen molar-refractivity contribution in [2.24, 2.45) is 0 Å². The smallest absolute Gasteiger partial charge is 0.251 e. The molecular formula is C21H22N4O2. The van der Waals surface area contributed by atoms with E-state index in [1.165, 1.54) is 0 Å². The number of amides is 2. The average Bonchev–Trinajstić information content (AvgIpc) is 2.66. The number of hydrogen-bond donors (Lipinski definition) is 2. The Bertz CT molecular complexity index is 997. The SMILES string of the molecule is Cc1ccc(C(=O)NCCNC(=O)c2ccc3nc(C)c(C)nc3c2)cc1. The molecule has 0 aliphatic heterocycles. The summed E-state index contributed by atoms with van der Waals surface area (Å²) in [6.45, 7) is 6.47. The maximum Gasteiger partial charge on any atom is 0.251 e. The number of carbonyl (C=O) groups is 2. The van der Waals surface area contributed by atoms with Gasteiger partial charge in [-0.25, -0.2) is 9.97 Å². The van der Waals surface area contributed by atoms with Gasteiger partial charge in [0.15, 0.2) is 0 Å². The summed E-state index contributed by atoms with van der Waals surface area (Å²) in [6, 6.07) is 12.6. The molecule has 6 nitrogen and oxygen atoms in total. The summed E-state index contributed by atoms with van der Waals surface area (Å²) < 4.78 is 0. The molecule has 0 saturated heterocycles. The molecule has 0 aliphatic carbocycles. The second kappa shape index (κ2) is 7.95. The van der Waals surface area contributed by atoms with E-state index in [0.717, 1.165) is 22.5 Å². The van der Waals surface area contributed by atoms with Crippen LogP contribution in [0.15, 0.2) is 42.5 Å². The molecule has 0 unspecified atom stereocenters. The van der Waals surface area contributed by atoms with E-state index in [9.17, 15) is 9.59 Å². The maximum absolute atomic E-state index is 12.3. The normalized spacial score (nSPS) is 10.6. The van der Waals surface area contributed by atoms with Gasteiger partial charge in [0.1, 0.15) is 0 Å². The topological polar surface area (TPSA) is 84.0 Å². The molecule has 6 heteroatoms. The number of benzene rings is 2. The van der Waals surface area contributed by atoms with Gasteiger partial charge in [0.2, 0.25) is 0 Å². The molecule has 0 aliphatic rings. The van der Waals surface area contributed by atoms with Crippen molar-refractivity contribution >= 4 is 22.8 Å². The van der Waals surface area contributed by atoms with E-state index in [4.69, 9.17) is 0 Å². The molecule has 0 bridgehead atoms. The lowest BCUT2D eigenvalue weighted by atomic mass is 10.1. The number of carbonyl (C=O) groups excluding carboxylic acids is 2. The summed E-state index contributed by atoms with van der Waals surface area (Å²) in [7, 11) is 0. The molecule has 0 radical (unpaired) electrons. The number of nitrogens with one attached hydrogen (secondary N) is 2. The Morgan fingerprint density at radius 2 is 1.26 bits per heavy atom. The lowest BCUT2D eigenvalue weighted by Gasteiger charge is -2.08. The van der Waals surface area contributed by atoms with Crippen LogP contribution in [0, 0.1) is 20.8 Å². The standard InChI is InChI=1S/C21H22N4O2/c1-13-4-6-16(7-5-13)20(26)22-10-11-23-21(27)17-8-9-18-19(12-17)25-15(3)14(2)24-18/h4-9,12H,10-11H2,1-3H3,(H,22,26)(H,23,27). The van der Waals surface area contributed by atoms with Gasteiger partial charge in [-0.15, -0.1) is 0 Å². The zero-order chi connectivity index (χ0) is 19.4. The number of hydrogen-bond acceptors (Lipinski definition) is 4. The Balaban J connectivity index is 1.54. The first-order chi connectivity index (χ1) is 12.9. The number of aryl methyl sites for hydroxylation is 3. The van der Waals surface area contributed by atoms with Crippen LogP contribution in [0.4, 0.5) is 0 Å². The molecule has 1 aromatic heterocycles. The Morgan fingerprint density at radius 3 is 1.89 bits per heavy atom. The minimum absolute atomic E-state index is 0.156. The quantitative estimate of drug-likeness (QED) is 0.684. The van der Waals surface area contributed by atoms with Gasteiger partial charge < -0.3 is 10.6 Å². The van der Waals surface area contributed by atoms with Crippen molar-refractivity contribution in [3.63, 3.8) is 0 Å². The van der Waals surface area contributed by atoms with Gasteiger partial charge in [-0.05, 0) is 51.1 Å². The van der Waals surface area contributed by atoms with Crippen molar-refractivity contribution in [3.8, 4) is 0 Å². The van der Waals surface area contributed by atoms with E-state index in [2.05, 4.69) is 20.6 Å². The molecule has 27 heavy (non-hydrogen) atoms. The van der Waals surface area contributed by atoms with Gasteiger partial charge in [0, 0.05) is 24.2 Å². The fourth-order valence-corrected chi connectivity index (χ4v) is 2.63. The third kappa shape index (κ3) is 4.47. The Kier molecular flexibility index (Phi) is 5.45. The first-order valence-electron chi connectivity index (χ1n) is 8.82. The molecule has 0 atom stereocenters. The van der Waals surface area contributed by atoms with Gasteiger partial charge in [0.05, 0.1) is 22.4 Å². The minimum atomic E-state index is -0.207. The van der Waals surface area contributed by atoms with E-state index >= 15 is 0 Å². The molecule has 2 amide bonds. The van der Waals surface area contributed by atoms with Crippen molar-refractivity contribution in [2.45, 2.75) is 20.8 Å². The maximum atomic E-state index is 12.3. The zero-order valence-corrected chi connectivity index (χ0v) is 15.7. The summed E-state index contributed by atoms with van der Waals surface area (Å²) >= 11 is 0. The van der Waals surface area contributed by atoms with E-state index in [1.807, 2.05) is 32.9 Å². The first kappa shape index (κ1) is 18.5. The molecule has 0 saturated carbocycles. The molecule has 2 N–H and O–H groups in total. The highest BCUT2D eigenvalue weighted by atomic mass is 16.2. The van der Waals surface area contributed by atoms with Gasteiger partial charge >= 0.3 is 0 Å². The number of fused-ring (bicyclic) bond motifs is 1. The van der Waals surface area contributed by atoms with Gasteiger partial charge in [0.25, 0.3) is 11.8 Å². The van der Waals surface area contributed by atoms with Gasteiger partial charge in [-0.2, -0.15) is 0 Å². The first-order valence-corrected chi connectivity index (χ1v) is 8.82. The van der Waals surface area contributed by atoms with Crippen LogP contribution in [0.5, 0.6) is 0 Å². The highest BCUT2D eigenvalue weighted by Crippen LogP contribution is 2.14. The third-order valence-corrected chi connectivity index (χ3v) is 4.35. The van der Waals surface area contributed by atoms with Crippen LogP contribution in [0.1, 0.15) is 37.7 Å². The summed E-state index contributed by atoms with van der Waals surface area (Å²) in [6.07, 6.45) is 0. The van der Waals surface area contributed by atoms with Crippen LogP contribution in [0.2, 0.25) is 0 Å². The lowest BCUT2D eigenvalue weighted by Crippen LogP contribution is -2.34. The van der Waals surface area contributed by atoms with Crippen molar-refractivity contribution in [2.75, 3.05) is 13.1 Å². The zero-order valence-electron chi connectivity index (χ0n) is 15.7. The minimum Gasteiger partial charge on any atom is -0.350 e. The summed E-state index contributed by atoms with van der Waals surface area (Å²) in [5.74, 6) is -0.363. The Labute approximate surface area is 158 Å². The number of rotatable bonds is 5. The lowest BCUT2D eigenvalue weighted by molar-refractivity contribution is 0.0927. The summed E-state index contributed by atoms with van der Waals surface area (Å²) in [4.78, 5) is 33.3. The molecule has 0 fully saturated rings. The molecule has 1 heterocycles. The fraction of sp³-hybridized carbons (Fsp3) is 0.238. The molecule has 0 spiro atoms. The average molecular weight is 362 g/mol. The fourth-order valence-electron chi connectivity index (χ4n) is 2.63. The van der Waals surface area contributed by atoms with E-state index in [-0.39, 0.29) is 11.8 Å². The molecule has 3 aromatic rings. The number of nitrogens with zero attached hydrogens (tertiary/aromatic N) is 2.